The molecule has 4 atom stereocenters. The second kappa shape index (κ2) is 3.89. The highest BCUT2D eigenvalue weighted by atomic mass is 19.4. The van der Waals surface area contributed by atoms with Crippen LogP contribution in [0.4, 0.5) is 22.0 Å². The van der Waals surface area contributed by atoms with E-state index in [0.717, 1.165) is 0 Å². The van der Waals surface area contributed by atoms with Gasteiger partial charge in [-0.25, -0.2) is 0 Å². The van der Waals surface area contributed by atoms with Crippen molar-refractivity contribution in [2.24, 2.45) is 11.8 Å². The SMILES string of the molecule is COC(O)(C(F)(F)F)C(F)(F)C1(O)CC2C=CC1C2. The van der Waals surface area contributed by atoms with Crippen molar-refractivity contribution in [2.45, 2.75) is 36.3 Å². The molecule has 0 aliphatic heterocycles. The Morgan fingerprint density at radius 2 is 1.79 bits per heavy atom. The molecule has 1 fully saturated rings. The van der Waals surface area contributed by atoms with Gasteiger partial charge in [-0.3, -0.25) is 0 Å². The fraction of sp³-hybridized carbons (Fsp3) is 0.818. The number of ether oxygens (including phenoxy) is 1. The van der Waals surface area contributed by atoms with Crippen LogP contribution >= 0.6 is 0 Å². The van der Waals surface area contributed by atoms with E-state index >= 15 is 0 Å². The van der Waals surface area contributed by atoms with Gasteiger partial charge in [-0.05, 0) is 18.8 Å². The molecular weight excluding hydrogens is 275 g/mol. The normalized spacial score (nSPS) is 37.7. The van der Waals surface area contributed by atoms with Crippen LogP contribution in [-0.4, -0.2) is 40.8 Å². The molecule has 0 heterocycles. The molecule has 0 saturated heterocycles. The molecule has 2 aliphatic rings. The zero-order valence-corrected chi connectivity index (χ0v) is 9.92. The van der Waals surface area contributed by atoms with Gasteiger partial charge >= 0.3 is 17.9 Å². The maximum Gasteiger partial charge on any atom is 0.449 e. The number of rotatable bonds is 3. The number of aliphatic hydroxyl groups is 2. The van der Waals surface area contributed by atoms with Gasteiger partial charge in [0.2, 0.25) is 0 Å². The molecule has 2 N–H and O–H groups in total. The Bertz CT molecular complexity index is 408. The summed E-state index contributed by atoms with van der Waals surface area (Å²) in [7, 11) is 0.327. The number of fused-ring (bicyclic) bond motifs is 2. The van der Waals surface area contributed by atoms with Crippen LogP contribution in [-0.2, 0) is 4.74 Å². The molecule has 2 aliphatic carbocycles. The molecule has 0 aromatic carbocycles. The first-order valence-electron chi connectivity index (χ1n) is 5.62. The molecule has 0 aromatic heterocycles. The Morgan fingerprint density at radius 3 is 2.11 bits per heavy atom. The highest BCUT2D eigenvalue weighted by Crippen LogP contribution is 2.58. The molecule has 8 heteroatoms. The van der Waals surface area contributed by atoms with Crippen molar-refractivity contribution in [1.29, 1.82) is 0 Å². The van der Waals surface area contributed by atoms with Crippen LogP contribution in [0.25, 0.3) is 0 Å². The van der Waals surface area contributed by atoms with Crippen molar-refractivity contribution in [3.63, 3.8) is 0 Å². The largest absolute Gasteiger partial charge is 0.449 e. The molecule has 110 valence electrons. The number of allylic oxidation sites excluding steroid dienone is 1. The fourth-order valence-corrected chi connectivity index (χ4v) is 2.91. The lowest BCUT2D eigenvalue weighted by Crippen LogP contribution is -2.70. The zero-order chi connectivity index (χ0) is 14.7. The third-order valence-electron chi connectivity index (χ3n) is 4.01. The minimum absolute atomic E-state index is 0.143. The number of hydrogen-bond donors (Lipinski definition) is 2. The Kier molecular flexibility index (Phi) is 3.01. The van der Waals surface area contributed by atoms with E-state index in [4.69, 9.17) is 0 Å². The van der Waals surface area contributed by atoms with Gasteiger partial charge in [-0.15, -0.1) is 0 Å². The maximum absolute atomic E-state index is 14.1. The van der Waals surface area contributed by atoms with Crippen LogP contribution in [0.15, 0.2) is 12.2 Å². The van der Waals surface area contributed by atoms with Crippen LogP contribution in [0, 0.1) is 11.8 Å². The standard InChI is InChI=1S/C11H13F5O3/c1-19-10(18,11(14,15)16)9(12,13)8(17)5-6-2-3-7(8)4-6/h2-3,6-7,17-18H,4-5H2,1H3. The summed E-state index contributed by atoms with van der Waals surface area (Å²) in [5.74, 6) is -11.1. The minimum atomic E-state index is -5.73. The lowest BCUT2D eigenvalue weighted by Gasteiger charge is -2.45. The Hall–Kier alpha value is -0.730. The van der Waals surface area contributed by atoms with Crippen LogP contribution < -0.4 is 0 Å². The van der Waals surface area contributed by atoms with E-state index in [0.29, 0.717) is 7.11 Å². The molecule has 2 rings (SSSR count). The van der Waals surface area contributed by atoms with Crippen molar-refractivity contribution in [1.82, 2.24) is 0 Å². The lowest BCUT2D eigenvalue weighted by atomic mass is 9.78. The molecule has 1 saturated carbocycles. The summed E-state index contributed by atoms with van der Waals surface area (Å²) < 4.78 is 70.0. The van der Waals surface area contributed by atoms with Gasteiger partial charge in [0.15, 0.2) is 0 Å². The predicted octanol–water partition coefficient (Wildman–Crippen LogP) is 1.85. The summed E-state index contributed by atoms with van der Waals surface area (Å²) in [6.07, 6.45) is -3.29. The van der Waals surface area contributed by atoms with Crippen molar-refractivity contribution in [3.05, 3.63) is 12.2 Å². The second-order valence-electron chi connectivity index (χ2n) is 5.04. The number of hydrogen-bond acceptors (Lipinski definition) is 3. The van der Waals surface area contributed by atoms with E-state index in [9.17, 15) is 32.2 Å². The van der Waals surface area contributed by atoms with Gasteiger partial charge in [-0.2, -0.15) is 22.0 Å². The minimum Gasteiger partial charge on any atom is -0.383 e. The van der Waals surface area contributed by atoms with Crippen LogP contribution in [0.5, 0.6) is 0 Å². The first-order chi connectivity index (χ1) is 8.49. The number of methoxy groups -OCH3 is 1. The zero-order valence-electron chi connectivity index (χ0n) is 9.92. The third-order valence-corrected chi connectivity index (χ3v) is 4.01. The smallest absolute Gasteiger partial charge is 0.383 e. The topological polar surface area (TPSA) is 49.7 Å². The van der Waals surface area contributed by atoms with E-state index in [1.165, 1.54) is 6.08 Å². The highest BCUT2D eigenvalue weighted by Gasteiger charge is 2.79. The molecule has 2 bridgehead atoms. The molecule has 0 aromatic rings. The van der Waals surface area contributed by atoms with E-state index in [2.05, 4.69) is 4.74 Å². The molecule has 3 nitrogen and oxygen atoms in total. The number of halogens is 5. The quantitative estimate of drug-likeness (QED) is 0.473. The number of alkyl halides is 5. The average Bonchev–Trinajstić information content (AvgIpc) is 2.86. The van der Waals surface area contributed by atoms with E-state index in [1.54, 1.807) is 6.08 Å². The van der Waals surface area contributed by atoms with Crippen molar-refractivity contribution < 1.29 is 36.9 Å². The van der Waals surface area contributed by atoms with E-state index in [-0.39, 0.29) is 6.42 Å². The Morgan fingerprint density at radius 1 is 1.21 bits per heavy atom. The molecular formula is C11H13F5O3. The van der Waals surface area contributed by atoms with Crippen molar-refractivity contribution in [2.75, 3.05) is 7.11 Å². The summed E-state index contributed by atoms with van der Waals surface area (Å²) in [4.78, 5) is 0. The summed E-state index contributed by atoms with van der Waals surface area (Å²) in [5.41, 5.74) is -2.97. The van der Waals surface area contributed by atoms with Gasteiger partial charge in [-0.1, -0.05) is 12.2 Å². The van der Waals surface area contributed by atoms with Gasteiger partial charge in [0.05, 0.1) is 0 Å². The monoisotopic (exact) mass is 288 g/mol. The molecule has 4 unspecified atom stereocenters. The summed E-state index contributed by atoms with van der Waals surface area (Å²) in [6.45, 7) is 0. The predicted molar refractivity (Wildman–Crippen MR) is 53.3 cm³/mol. The van der Waals surface area contributed by atoms with Crippen LogP contribution in [0.1, 0.15) is 12.8 Å². The van der Waals surface area contributed by atoms with Crippen LogP contribution in [0.3, 0.4) is 0 Å². The molecule has 0 spiro atoms. The molecule has 0 amide bonds. The lowest BCUT2D eigenvalue weighted by molar-refractivity contribution is -0.450. The first-order valence-corrected chi connectivity index (χ1v) is 5.62. The maximum atomic E-state index is 14.1. The molecule has 19 heavy (non-hydrogen) atoms. The van der Waals surface area contributed by atoms with E-state index < -0.39 is 41.7 Å². The average molecular weight is 288 g/mol. The Balaban J connectivity index is 2.44. The third kappa shape index (κ3) is 1.66. The summed E-state index contributed by atoms with van der Waals surface area (Å²) in [5, 5.41) is 19.3. The van der Waals surface area contributed by atoms with Crippen molar-refractivity contribution >= 4 is 0 Å². The Labute approximate surface area is 105 Å². The summed E-state index contributed by atoms with van der Waals surface area (Å²) >= 11 is 0. The van der Waals surface area contributed by atoms with E-state index in [1.807, 2.05) is 0 Å². The van der Waals surface area contributed by atoms with Gasteiger partial charge in [0.25, 0.3) is 0 Å². The first kappa shape index (κ1) is 14.7. The van der Waals surface area contributed by atoms with Gasteiger partial charge in [0.1, 0.15) is 5.60 Å². The highest BCUT2D eigenvalue weighted by molar-refractivity contribution is 5.23. The van der Waals surface area contributed by atoms with Gasteiger partial charge < -0.3 is 14.9 Å². The van der Waals surface area contributed by atoms with Crippen LogP contribution in [0.2, 0.25) is 0 Å². The molecule has 0 radical (unpaired) electrons. The van der Waals surface area contributed by atoms with Crippen molar-refractivity contribution in [3.8, 4) is 0 Å². The van der Waals surface area contributed by atoms with Gasteiger partial charge in [0, 0.05) is 13.0 Å². The fourth-order valence-electron chi connectivity index (χ4n) is 2.91. The summed E-state index contributed by atoms with van der Waals surface area (Å²) in [6, 6.07) is 0. The second-order valence-corrected chi connectivity index (χ2v) is 5.04.